The number of carbonyl (C=O) groups is 1. The third-order valence-electron chi connectivity index (χ3n) is 5.31. The van der Waals surface area contributed by atoms with Gasteiger partial charge in [0.1, 0.15) is 5.75 Å². The fourth-order valence-corrected chi connectivity index (χ4v) is 3.90. The van der Waals surface area contributed by atoms with Crippen molar-refractivity contribution in [2.24, 2.45) is 0 Å². The van der Waals surface area contributed by atoms with Crippen molar-refractivity contribution in [1.29, 1.82) is 0 Å². The van der Waals surface area contributed by atoms with Gasteiger partial charge in [-0.3, -0.25) is 0 Å². The maximum absolute atomic E-state index is 12.2. The van der Waals surface area contributed by atoms with Crippen LogP contribution in [0.1, 0.15) is 50.9 Å². The van der Waals surface area contributed by atoms with E-state index in [0.29, 0.717) is 12.4 Å². The highest BCUT2D eigenvalue weighted by atomic mass is 35.5. The Hall–Kier alpha value is -2.46. The van der Waals surface area contributed by atoms with E-state index in [1.807, 2.05) is 24.3 Å². The molecule has 0 amide bonds. The van der Waals surface area contributed by atoms with E-state index < -0.39 is 5.60 Å². The molecule has 3 rings (SSSR count). The molecule has 0 N–H and O–H groups in total. The van der Waals surface area contributed by atoms with Crippen LogP contribution in [0, 0.1) is 6.92 Å². The third-order valence-corrected chi connectivity index (χ3v) is 5.56. The second kappa shape index (κ2) is 9.13. The molecule has 160 valence electrons. The standard InChI is InChI=1S/C25H30ClNO3/c1-6-14-27-17(3)21(15-18-8-10-19(26)11-9-18)22-16-20(12-13-23(22)27)30-25(4,5)24(28)29-7-2/h8-13,16H,6-7,14-15H2,1-5H3. The van der Waals surface area contributed by atoms with Crippen LogP contribution in [0.2, 0.25) is 5.02 Å². The van der Waals surface area contributed by atoms with Crippen LogP contribution < -0.4 is 4.74 Å². The van der Waals surface area contributed by atoms with Crippen LogP contribution in [0.5, 0.6) is 5.75 Å². The highest BCUT2D eigenvalue weighted by Crippen LogP contribution is 2.33. The quantitative estimate of drug-likeness (QED) is 0.394. The Kier molecular flexibility index (Phi) is 6.77. The van der Waals surface area contributed by atoms with Crippen molar-refractivity contribution in [3.63, 3.8) is 0 Å². The molecular formula is C25H30ClNO3. The number of fused-ring (bicyclic) bond motifs is 1. The molecule has 0 saturated carbocycles. The number of aryl methyl sites for hydroxylation is 1. The van der Waals surface area contributed by atoms with Crippen LogP contribution >= 0.6 is 11.6 Å². The third kappa shape index (κ3) is 4.65. The molecule has 0 unspecified atom stereocenters. The fourth-order valence-electron chi connectivity index (χ4n) is 3.78. The van der Waals surface area contributed by atoms with Gasteiger partial charge in [-0.05, 0) is 82.0 Å². The lowest BCUT2D eigenvalue weighted by molar-refractivity contribution is -0.158. The van der Waals surface area contributed by atoms with Gasteiger partial charge in [-0.2, -0.15) is 0 Å². The van der Waals surface area contributed by atoms with Crippen molar-refractivity contribution in [2.45, 2.75) is 59.6 Å². The van der Waals surface area contributed by atoms with E-state index in [9.17, 15) is 4.79 Å². The van der Waals surface area contributed by atoms with Gasteiger partial charge in [0.2, 0.25) is 0 Å². The molecule has 1 heterocycles. The lowest BCUT2D eigenvalue weighted by atomic mass is 10.0. The van der Waals surface area contributed by atoms with Gasteiger partial charge in [0.25, 0.3) is 0 Å². The maximum Gasteiger partial charge on any atom is 0.349 e. The predicted octanol–water partition coefficient (Wildman–Crippen LogP) is 6.32. The average Bonchev–Trinajstić information content (AvgIpc) is 2.95. The second-order valence-electron chi connectivity index (χ2n) is 8.03. The summed E-state index contributed by atoms with van der Waals surface area (Å²) in [5, 5.41) is 1.88. The summed E-state index contributed by atoms with van der Waals surface area (Å²) in [6, 6.07) is 14.0. The molecule has 30 heavy (non-hydrogen) atoms. The van der Waals surface area contributed by atoms with E-state index in [1.165, 1.54) is 22.3 Å². The highest BCUT2D eigenvalue weighted by molar-refractivity contribution is 6.30. The number of ether oxygens (including phenoxy) is 2. The Morgan fingerprint density at radius 2 is 1.80 bits per heavy atom. The van der Waals surface area contributed by atoms with Crippen LogP contribution in [-0.4, -0.2) is 22.7 Å². The zero-order valence-electron chi connectivity index (χ0n) is 18.4. The minimum absolute atomic E-state index is 0.328. The molecule has 3 aromatic rings. The Morgan fingerprint density at radius 3 is 2.43 bits per heavy atom. The van der Waals surface area contributed by atoms with Gasteiger partial charge in [0.05, 0.1) is 6.61 Å². The van der Waals surface area contributed by atoms with Gasteiger partial charge in [-0.15, -0.1) is 0 Å². The van der Waals surface area contributed by atoms with Gasteiger partial charge in [0, 0.05) is 28.2 Å². The number of nitrogens with zero attached hydrogens (tertiary/aromatic N) is 1. The molecule has 1 aromatic heterocycles. The first-order chi connectivity index (χ1) is 14.3. The number of halogens is 1. The maximum atomic E-state index is 12.2. The number of carbonyl (C=O) groups excluding carboxylic acids is 1. The van der Waals surface area contributed by atoms with Gasteiger partial charge in [-0.1, -0.05) is 30.7 Å². The zero-order valence-corrected chi connectivity index (χ0v) is 19.2. The van der Waals surface area contributed by atoms with Crippen LogP contribution in [0.4, 0.5) is 0 Å². The van der Waals surface area contributed by atoms with Crippen molar-refractivity contribution >= 4 is 28.5 Å². The van der Waals surface area contributed by atoms with Gasteiger partial charge in [0.15, 0.2) is 5.60 Å². The fraction of sp³-hybridized carbons (Fsp3) is 0.400. The van der Waals surface area contributed by atoms with Crippen LogP contribution in [0.3, 0.4) is 0 Å². The summed E-state index contributed by atoms with van der Waals surface area (Å²) in [7, 11) is 0. The molecular weight excluding hydrogens is 398 g/mol. The van der Waals surface area contributed by atoms with Gasteiger partial charge >= 0.3 is 5.97 Å². The number of hydrogen-bond donors (Lipinski definition) is 0. The molecule has 0 fully saturated rings. The number of rotatable bonds is 8. The largest absolute Gasteiger partial charge is 0.476 e. The molecule has 0 aliphatic heterocycles. The number of benzene rings is 2. The smallest absolute Gasteiger partial charge is 0.349 e. The van der Waals surface area contributed by atoms with E-state index in [1.54, 1.807) is 20.8 Å². The van der Waals surface area contributed by atoms with E-state index in [0.717, 1.165) is 29.8 Å². The summed E-state index contributed by atoms with van der Waals surface area (Å²) in [5.41, 5.74) is 3.85. The van der Waals surface area contributed by atoms with Gasteiger partial charge in [-0.25, -0.2) is 4.79 Å². The van der Waals surface area contributed by atoms with Crippen LogP contribution in [0.15, 0.2) is 42.5 Å². The summed E-state index contributed by atoms with van der Waals surface area (Å²) in [5.74, 6) is 0.290. The highest BCUT2D eigenvalue weighted by Gasteiger charge is 2.31. The zero-order chi connectivity index (χ0) is 21.9. The molecule has 0 aliphatic carbocycles. The van der Waals surface area contributed by atoms with E-state index in [2.05, 4.69) is 36.6 Å². The van der Waals surface area contributed by atoms with Crippen molar-refractivity contribution in [1.82, 2.24) is 4.57 Å². The monoisotopic (exact) mass is 427 g/mol. The van der Waals surface area contributed by atoms with Crippen LogP contribution in [-0.2, 0) is 22.5 Å². The summed E-state index contributed by atoms with van der Waals surface area (Å²) in [4.78, 5) is 12.2. The van der Waals surface area contributed by atoms with E-state index in [-0.39, 0.29) is 5.97 Å². The molecule has 0 radical (unpaired) electrons. The van der Waals surface area contributed by atoms with Crippen molar-refractivity contribution in [3.8, 4) is 5.75 Å². The number of aromatic nitrogens is 1. The molecule has 0 atom stereocenters. The summed E-state index contributed by atoms with van der Waals surface area (Å²) < 4.78 is 13.6. The predicted molar refractivity (Wildman–Crippen MR) is 123 cm³/mol. The number of hydrogen-bond acceptors (Lipinski definition) is 3. The molecule has 0 spiro atoms. The van der Waals surface area contributed by atoms with Crippen molar-refractivity contribution in [2.75, 3.05) is 6.61 Å². The normalized spacial score (nSPS) is 11.7. The first-order valence-corrected chi connectivity index (χ1v) is 10.9. The summed E-state index contributed by atoms with van der Waals surface area (Å²) >= 11 is 6.06. The first-order valence-electron chi connectivity index (χ1n) is 10.5. The molecule has 0 bridgehead atoms. The molecule has 5 heteroatoms. The Morgan fingerprint density at radius 1 is 1.10 bits per heavy atom. The SMILES string of the molecule is CCCn1c(C)c(Cc2ccc(Cl)cc2)c2cc(OC(C)(C)C(=O)OCC)ccc21. The minimum Gasteiger partial charge on any atom is -0.476 e. The Balaban J connectivity index is 2.03. The minimum atomic E-state index is -1.05. The molecule has 4 nitrogen and oxygen atoms in total. The average molecular weight is 428 g/mol. The summed E-state index contributed by atoms with van der Waals surface area (Å²) in [6.07, 6.45) is 1.86. The Bertz CT molecular complexity index is 1030. The van der Waals surface area contributed by atoms with Gasteiger partial charge < -0.3 is 14.0 Å². The summed E-state index contributed by atoms with van der Waals surface area (Å²) in [6.45, 7) is 10.9. The van der Waals surface area contributed by atoms with Crippen molar-refractivity contribution in [3.05, 3.63) is 64.3 Å². The van der Waals surface area contributed by atoms with E-state index in [4.69, 9.17) is 21.1 Å². The number of esters is 1. The molecule has 2 aromatic carbocycles. The molecule has 0 aliphatic rings. The van der Waals surface area contributed by atoms with E-state index >= 15 is 0 Å². The van der Waals surface area contributed by atoms with Crippen molar-refractivity contribution < 1.29 is 14.3 Å². The first kappa shape index (κ1) is 22.2. The topological polar surface area (TPSA) is 40.5 Å². The Labute approximate surface area is 183 Å². The second-order valence-corrected chi connectivity index (χ2v) is 8.47. The lowest BCUT2D eigenvalue weighted by Crippen LogP contribution is -2.39. The lowest BCUT2D eigenvalue weighted by Gasteiger charge is -2.24. The van der Waals surface area contributed by atoms with Crippen LogP contribution in [0.25, 0.3) is 10.9 Å². The molecule has 0 saturated heterocycles.